The van der Waals surface area contributed by atoms with Gasteiger partial charge in [0.05, 0.1) is 22.3 Å². The van der Waals surface area contributed by atoms with E-state index in [2.05, 4.69) is 4.98 Å². The molecule has 0 radical (unpaired) electrons. The lowest BCUT2D eigenvalue weighted by molar-refractivity contribution is 0.812. The van der Waals surface area contributed by atoms with Gasteiger partial charge in [-0.25, -0.2) is 9.97 Å². The van der Waals surface area contributed by atoms with E-state index in [0.717, 1.165) is 16.8 Å². The highest BCUT2D eigenvalue weighted by Crippen LogP contribution is 2.27. The van der Waals surface area contributed by atoms with Crippen LogP contribution in [0.2, 0.25) is 5.02 Å². The average Bonchev–Trinajstić information content (AvgIpc) is 3.24. The molecule has 0 saturated carbocycles. The summed E-state index contributed by atoms with van der Waals surface area (Å²) in [5.74, 6) is 0.396. The van der Waals surface area contributed by atoms with Crippen LogP contribution in [0.15, 0.2) is 68.8 Å². The maximum absolute atomic E-state index is 13.5. The van der Waals surface area contributed by atoms with Crippen LogP contribution in [0.1, 0.15) is 16.8 Å². The highest BCUT2D eigenvalue weighted by atomic mass is 35.5. The smallest absolute Gasteiger partial charge is 0.266 e. The van der Waals surface area contributed by atoms with Gasteiger partial charge in [0.15, 0.2) is 10.1 Å². The highest BCUT2D eigenvalue weighted by molar-refractivity contribution is 7.98. The number of rotatable bonds is 4. The Hall–Kier alpha value is -2.94. The van der Waals surface area contributed by atoms with Crippen molar-refractivity contribution in [3.05, 3.63) is 96.6 Å². The summed E-state index contributed by atoms with van der Waals surface area (Å²) in [6.07, 6.45) is 1.71. The minimum atomic E-state index is -0.162. The summed E-state index contributed by atoms with van der Waals surface area (Å²) < 4.78 is 3.15. The Kier molecular flexibility index (Phi) is 5.36. The fourth-order valence-electron chi connectivity index (χ4n) is 3.53. The SMILES string of the molecule is Cc1cccc(-n2c(SCc3cc(=O)n4ccsc4n3)nc3cc(Cl)ccc3c2=O)c1C. The minimum absolute atomic E-state index is 0.128. The molecule has 0 N–H and O–H groups in total. The van der Waals surface area contributed by atoms with Crippen molar-refractivity contribution in [3.8, 4) is 5.69 Å². The molecule has 5 aromatic rings. The van der Waals surface area contributed by atoms with Gasteiger partial charge in [0.25, 0.3) is 11.1 Å². The standard InChI is InChI=1S/C23H17ClN4O2S2/c1-13-4-3-5-19(14(13)2)28-21(30)17-7-6-15(24)10-18(17)26-23(28)32-12-16-11-20(29)27-8-9-31-22(27)25-16/h3-11H,12H2,1-2H3. The molecule has 0 aliphatic heterocycles. The van der Waals surface area contributed by atoms with Crippen molar-refractivity contribution in [1.29, 1.82) is 0 Å². The molecular formula is C23H17ClN4O2S2. The van der Waals surface area contributed by atoms with Gasteiger partial charge < -0.3 is 0 Å². The molecule has 160 valence electrons. The first-order chi connectivity index (χ1) is 15.4. The van der Waals surface area contributed by atoms with Gasteiger partial charge in [0.1, 0.15) is 0 Å². The molecule has 0 fully saturated rings. The van der Waals surface area contributed by atoms with Crippen LogP contribution < -0.4 is 11.1 Å². The third kappa shape index (κ3) is 3.64. The van der Waals surface area contributed by atoms with E-state index in [1.165, 1.54) is 33.6 Å². The first kappa shape index (κ1) is 20.9. The molecule has 9 heteroatoms. The zero-order valence-electron chi connectivity index (χ0n) is 17.2. The van der Waals surface area contributed by atoms with Gasteiger partial charge in [0.2, 0.25) is 0 Å². The number of halogens is 1. The van der Waals surface area contributed by atoms with Gasteiger partial charge in [-0.15, -0.1) is 11.3 Å². The van der Waals surface area contributed by atoms with Crippen LogP contribution in [0.25, 0.3) is 21.6 Å². The largest absolute Gasteiger partial charge is 0.269 e. The van der Waals surface area contributed by atoms with E-state index in [4.69, 9.17) is 16.6 Å². The van der Waals surface area contributed by atoms with Gasteiger partial charge >= 0.3 is 0 Å². The van der Waals surface area contributed by atoms with E-state index in [-0.39, 0.29) is 11.1 Å². The van der Waals surface area contributed by atoms with Crippen molar-refractivity contribution in [2.75, 3.05) is 0 Å². The normalized spacial score (nSPS) is 11.5. The summed E-state index contributed by atoms with van der Waals surface area (Å²) in [5, 5.41) is 3.36. The monoisotopic (exact) mass is 480 g/mol. The molecule has 5 rings (SSSR count). The highest BCUT2D eigenvalue weighted by Gasteiger charge is 2.16. The Balaban J connectivity index is 1.67. The number of thiazole rings is 1. The number of thioether (sulfide) groups is 1. The van der Waals surface area contributed by atoms with Gasteiger partial charge in [-0.2, -0.15) is 0 Å². The summed E-state index contributed by atoms with van der Waals surface area (Å²) >= 11 is 8.93. The number of hydrogen-bond acceptors (Lipinski definition) is 6. The number of fused-ring (bicyclic) bond motifs is 2. The summed E-state index contributed by atoms with van der Waals surface area (Å²) in [6, 6.07) is 12.5. The van der Waals surface area contributed by atoms with Gasteiger partial charge in [0, 0.05) is 28.4 Å². The Morgan fingerprint density at radius 1 is 1.09 bits per heavy atom. The lowest BCUT2D eigenvalue weighted by Crippen LogP contribution is -2.23. The summed E-state index contributed by atoms with van der Waals surface area (Å²) in [6.45, 7) is 4.00. The van der Waals surface area contributed by atoms with Gasteiger partial charge in [-0.05, 0) is 49.2 Å². The van der Waals surface area contributed by atoms with Crippen LogP contribution in [0, 0.1) is 13.8 Å². The Morgan fingerprint density at radius 3 is 2.78 bits per heavy atom. The summed E-state index contributed by atoms with van der Waals surface area (Å²) in [7, 11) is 0. The third-order valence-electron chi connectivity index (χ3n) is 5.32. The zero-order valence-corrected chi connectivity index (χ0v) is 19.6. The molecule has 0 atom stereocenters. The van der Waals surface area contributed by atoms with E-state index in [1.54, 1.807) is 29.0 Å². The van der Waals surface area contributed by atoms with E-state index in [1.807, 2.05) is 37.4 Å². The molecule has 3 aromatic heterocycles. The minimum Gasteiger partial charge on any atom is -0.269 e. The maximum Gasteiger partial charge on any atom is 0.266 e. The quantitative estimate of drug-likeness (QED) is 0.267. The van der Waals surface area contributed by atoms with Gasteiger partial charge in [-0.1, -0.05) is 35.5 Å². The molecule has 0 bridgehead atoms. The fourth-order valence-corrected chi connectivity index (χ4v) is 5.33. The van der Waals surface area contributed by atoms with Crippen LogP contribution in [0.5, 0.6) is 0 Å². The lowest BCUT2D eigenvalue weighted by Gasteiger charge is -2.16. The van der Waals surface area contributed by atoms with E-state index in [9.17, 15) is 9.59 Å². The molecular weight excluding hydrogens is 464 g/mol. The molecule has 32 heavy (non-hydrogen) atoms. The molecule has 3 heterocycles. The second-order valence-corrected chi connectivity index (χ2v) is 9.60. The molecule has 0 saturated heterocycles. The molecule has 0 amide bonds. The first-order valence-corrected chi connectivity index (χ1v) is 12.0. The zero-order chi connectivity index (χ0) is 22.4. The third-order valence-corrected chi connectivity index (χ3v) is 7.29. The fraction of sp³-hybridized carbons (Fsp3) is 0.130. The summed E-state index contributed by atoms with van der Waals surface area (Å²) in [5.41, 5.74) is 3.75. The predicted octanol–water partition coefficient (Wildman–Crippen LogP) is 5.02. The Labute approximate surface area is 196 Å². The molecule has 0 unspecified atom stereocenters. The number of hydrogen-bond donors (Lipinski definition) is 0. The molecule has 2 aromatic carbocycles. The number of aromatic nitrogens is 4. The van der Waals surface area contributed by atoms with Crippen molar-refractivity contribution in [2.45, 2.75) is 24.8 Å². The van der Waals surface area contributed by atoms with E-state index < -0.39 is 0 Å². The number of nitrogens with zero attached hydrogens (tertiary/aromatic N) is 4. The van der Waals surface area contributed by atoms with Crippen LogP contribution in [-0.4, -0.2) is 18.9 Å². The van der Waals surface area contributed by atoms with Crippen LogP contribution in [0.4, 0.5) is 0 Å². The molecule has 6 nitrogen and oxygen atoms in total. The second kappa shape index (κ2) is 8.20. The van der Waals surface area contributed by atoms with Crippen LogP contribution >= 0.6 is 34.7 Å². The van der Waals surface area contributed by atoms with Crippen molar-refractivity contribution in [3.63, 3.8) is 0 Å². The van der Waals surface area contributed by atoms with Crippen molar-refractivity contribution in [1.82, 2.24) is 18.9 Å². The van der Waals surface area contributed by atoms with Crippen molar-refractivity contribution in [2.24, 2.45) is 0 Å². The van der Waals surface area contributed by atoms with E-state index >= 15 is 0 Å². The summed E-state index contributed by atoms with van der Waals surface area (Å²) in [4.78, 5) is 35.8. The average molecular weight is 481 g/mol. The number of benzene rings is 2. The second-order valence-electron chi connectivity index (χ2n) is 7.35. The maximum atomic E-state index is 13.5. The van der Waals surface area contributed by atoms with Crippen molar-refractivity contribution < 1.29 is 0 Å². The lowest BCUT2D eigenvalue weighted by atomic mass is 10.1. The number of aryl methyl sites for hydroxylation is 1. The first-order valence-electron chi connectivity index (χ1n) is 9.80. The van der Waals surface area contributed by atoms with Crippen LogP contribution in [0.3, 0.4) is 0 Å². The topological polar surface area (TPSA) is 69.3 Å². The van der Waals surface area contributed by atoms with Crippen molar-refractivity contribution >= 4 is 50.6 Å². The molecule has 0 aliphatic rings. The Bertz CT molecular complexity index is 1620. The predicted molar refractivity (Wildman–Crippen MR) is 131 cm³/mol. The van der Waals surface area contributed by atoms with Crippen LogP contribution in [-0.2, 0) is 5.75 Å². The van der Waals surface area contributed by atoms with E-state index in [0.29, 0.717) is 37.5 Å². The molecule has 0 spiro atoms. The van der Waals surface area contributed by atoms with Gasteiger partial charge in [-0.3, -0.25) is 18.6 Å². The Morgan fingerprint density at radius 2 is 1.94 bits per heavy atom. The molecule has 0 aliphatic carbocycles.